The highest BCUT2D eigenvalue weighted by molar-refractivity contribution is 7.97. The minimum atomic E-state index is -0.439. The quantitative estimate of drug-likeness (QED) is 0.653. The van der Waals surface area contributed by atoms with Crippen molar-refractivity contribution in [2.24, 2.45) is 0 Å². The number of thioether (sulfide) groups is 1. The fourth-order valence-electron chi connectivity index (χ4n) is 1.99. The summed E-state index contributed by atoms with van der Waals surface area (Å²) in [5.41, 5.74) is 1.76. The van der Waals surface area contributed by atoms with Crippen LogP contribution in [-0.2, 0) is 11.5 Å². The molecule has 0 saturated carbocycles. The van der Waals surface area contributed by atoms with E-state index in [9.17, 15) is 9.18 Å². The summed E-state index contributed by atoms with van der Waals surface area (Å²) >= 11 is 3.07. The van der Waals surface area contributed by atoms with Gasteiger partial charge in [0.2, 0.25) is 5.13 Å². The molecule has 8 heteroatoms. The number of aromatic nitrogens is 2. The van der Waals surface area contributed by atoms with Crippen molar-refractivity contribution in [1.29, 1.82) is 0 Å². The fourth-order valence-corrected chi connectivity index (χ4v) is 3.76. The molecule has 2 amide bonds. The molecule has 3 rings (SSSR count). The highest BCUT2D eigenvalue weighted by Crippen LogP contribution is 2.22. The third kappa shape index (κ3) is 5.54. The molecule has 25 heavy (non-hydrogen) atoms. The van der Waals surface area contributed by atoms with Crippen LogP contribution in [0.15, 0.2) is 54.6 Å². The first kappa shape index (κ1) is 17.4. The molecule has 3 aromatic rings. The lowest BCUT2D eigenvalue weighted by Crippen LogP contribution is -2.19. The summed E-state index contributed by atoms with van der Waals surface area (Å²) in [5, 5.41) is 14.5. The Kier molecular flexibility index (Phi) is 5.97. The number of carbonyl (C=O) groups excluding carboxylic acids is 1. The van der Waals surface area contributed by atoms with Gasteiger partial charge in [0.05, 0.1) is 0 Å². The first-order valence-corrected chi connectivity index (χ1v) is 9.44. The van der Waals surface area contributed by atoms with Crippen molar-refractivity contribution < 1.29 is 9.18 Å². The third-order valence-electron chi connectivity index (χ3n) is 3.13. The predicted octanol–water partition coefficient (Wildman–Crippen LogP) is 4.75. The zero-order chi connectivity index (χ0) is 17.5. The number of nitrogens with one attached hydrogen (secondary N) is 2. The standard InChI is InChI=1S/C17H15FN4OS2/c18-13-6-8-14(9-7-13)19-16(23)20-17-22-21-15(25-17)11-24-10-12-4-2-1-3-5-12/h1-9H,10-11H2,(H2,19,20,22,23). The normalized spacial score (nSPS) is 10.4. The van der Waals surface area contributed by atoms with Crippen LogP contribution in [-0.4, -0.2) is 16.2 Å². The van der Waals surface area contributed by atoms with Gasteiger partial charge in [-0.2, -0.15) is 0 Å². The minimum absolute atomic E-state index is 0.354. The maximum absolute atomic E-state index is 12.8. The molecule has 2 aromatic carbocycles. The first-order chi connectivity index (χ1) is 12.2. The van der Waals surface area contributed by atoms with Crippen molar-refractivity contribution in [3.05, 3.63) is 71.0 Å². The van der Waals surface area contributed by atoms with Gasteiger partial charge in [-0.15, -0.1) is 22.0 Å². The van der Waals surface area contributed by atoms with Crippen LogP contribution in [0, 0.1) is 5.82 Å². The molecular weight excluding hydrogens is 359 g/mol. The Morgan fingerprint density at radius 3 is 2.52 bits per heavy atom. The Labute approximate surface area is 152 Å². The van der Waals surface area contributed by atoms with Crippen molar-refractivity contribution in [1.82, 2.24) is 10.2 Å². The van der Waals surface area contributed by atoms with E-state index in [1.807, 2.05) is 18.2 Å². The summed E-state index contributed by atoms with van der Waals surface area (Å²) in [5.74, 6) is 1.27. The Morgan fingerprint density at radius 1 is 1.00 bits per heavy atom. The average molecular weight is 374 g/mol. The molecular formula is C17H15FN4OS2. The first-order valence-electron chi connectivity index (χ1n) is 7.47. The van der Waals surface area contributed by atoms with Gasteiger partial charge in [0.25, 0.3) is 0 Å². The summed E-state index contributed by atoms with van der Waals surface area (Å²) in [7, 11) is 0. The van der Waals surface area contributed by atoms with Crippen LogP contribution < -0.4 is 10.6 Å². The second-order valence-electron chi connectivity index (χ2n) is 5.07. The maximum Gasteiger partial charge on any atom is 0.325 e. The number of hydrogen-bond donors (Lipinski definition) is 2. The molecule has 0 bridgehead atoms. The van der Waals surface area contributed by atoms with E-state index in [-0.39, 0.29) is 5.82 Å². The highest BCUT2D eigenvalue weighted by Gasteiger charge is 2.08. The molecule has 5 nitrogen and oxygen atoms in total. The van der Waals surface area contributed by atoms with E-state index in [1.54, 1.807) is 11.8 Å². The molecule has 0 aliphatic rings. The van der Waals surface area contributed by atoms with Crippen LogP contribution in [0.3, 0.4) is 0 Å². The smallest absolute Gasteiger partial charge is 0.308 e. The van der Waals surface area contributed by atoms with Crippen molar-refractivity contribution in [3.8, 4) is 0 Å². The van der Waals surface area contributed by atoms with E-state index < -0.39 is 6.03 Å². The number of nitrogens with zero attached hydrogens (tertiary/aromatic N) is 2. The molecule has 0 aliphatic carbocycles. The maximum atomic E-state index is 12.8. The summed E-state index contributed by atoms with van der Waals surface area (Å²) in [6.07, 6.45) is 0. The Hall–Kier alpha value is -2.45. The Morgan fingerprint density at radius 2 is 1.76 bits per heavy atom. The van der Waals surface area contributed by atoms with Gasteiger partial charge in [0.1, 0.15) is 10.8 Å². The number of amides is 2. The van der Waals surface area contributed by atoms with Crippen LogP contribution in [0.4, 0.5) is 20.0 Å². The van der Waals surface area contributed by atoms with Gasteiger partial charge in [-0.25, -0.2) is 9.18 Å². The van der Waals surface area contributed by atoms with E-state index in [1.165, 1.54) is 41.2 Å². The van der Waals surface area contributed by atoms with E-state index >= 15 is 0 Å². The van der Waals surface area contributed by atoms with Gasteiger partial charge in [0.15, 0.2) is 0 Å². The van der Waals surface area contributed by atoms with Gasteiger partial charge in [-0.3, -0.25) is 5.32 Å². The van der Waals surface area contributed by atoms with Crippen molar-refractivity contribution in [2.45, 2.75) is 11.5 Å². The number of hydrogen-bond acceptors (Lipinski definition) is 5. The van der Waals surface area contributed by atoms with Crippen LogP contribution in [0.5, 0.6) is 0 Å². The molecule has 0 atom stereocenters. The summed E-state index contributed by atoms with van der Waals surface area (Å²) < 4.78 is 12.8. The van der Waals surface area contributed by atoms with E-state index in [4.69, 9.17) is 0 Å². The minimum Gasteiger partial charge on any atom is -0.308 e. The molecule has 128 valence electrons. The largest absolute Gasteiger partial charge is 0.325 e. The van der Waals surface area contributed by atoms with E-state index in [2.05, 4.69) is 33.0 Å². The molecule has 0 fully saturated rings. The number of halogens is 1. The zero-order valence-electron chi connectivity index (χ0n) is 13.1. The topological polar surface area (TPSA) is 66.9 Å². The molecule has 2 N–H and O–H groups in total. The number of anilines is 2. The molecule has 0 aliphatic heterocycles. The third-order valence-corrected chi connectivity index (χ3v) is 5.16. The zero-order valence-corrected chi connectivity index (χ0v) is 14.7. The van der Waals surface area contributed by atoms with Crippen LogP contribution in [0.1, 0.15) is 10.6 Å². The van der Waals surface area contributed by atoms with Crippen LogP contribution in [0.2, 0.25) is 0 Å². The average Bonchev–Trinajstić information content (AvgIpc) is 3.05. The van der Waals surface area contributed by atoms with Crippen molar-refractivity contribution >= 4 is 39.9 Å². The van der Waals surface area contributed by atoms with Gasteiger partial charge < -0.3 is 5.32 Å². The molecule has 0 spiro atoms. The monoisotopic (exact) mass is 374 g/mol. The Bertz CT molecular complexity index is 824. The van der Waals surface area contributed by atoms with Crippen molar-refractivity contribution in [3.63, 3.8) is 0 Å². The molecule has 1 aromatic heterocycles. The second kappa shape index (κ2) is 8.59. The van der Waals surface area contributed by atoms with Gasteiger partial charge in [-0.1, -0.05) is 41.7 Å². The molecule has 0 unspecified atom stereocenters. The number of urea groups is 1. The predicted molar refractivity (Wildman–Crippen MR) is 100 cm³/mol. The summed E-state index contributed by atoms with van der Waals surface area (Å²) in [6, 6.07) is 15.3. The lowest BCUT2D eigenvalue weighted by Gasteiger charge is -2.04. The highest BCUT2D eigenvalue weighted by atomic mass is 32.2. The molecule has 0 radical (unpaired) electrons. The van der Waals surface area contributed by atoms with Gasteiger partial charge >= 0.3 is 6.03 Å². The second-order valence-corrected chi connectivity index (χ2v) is 7.11. The van der Waals surface area contributed by atoms with Crippen molar-refractivity contribution in [2.75, 3.05) is 10.6 Å². The lowest BCUT2D eigenvalue weighted by molar-refractivity contribution is 0.262. The number of rotatable bonds is 6. The fraction of sp³-hybridized carbons (Fsp3) is 0.118. The SMILES string of the molecule is O=C(Nc1ccc(F)cc1)Nc1nnc(CSCc2ccccc2)s1. The van der Waals surface area contributed by atoms with Gasteiger partial charge in [0, 0.05) is 17.2 Å². The number of benzene rings is 2. The van der Waals surface area contributed by atoms with Crippen LogP contribution in [0.25, 0.3) is 0 Å². The van der Waals surface area contributed by atoms with Gasteiger partial charge in [-0.05, 0) is 29.8 Å². The molecule has 0 saturated heterocycles. The number of carbonyl (C=O) groups is 1. The van der Waals surface area contributed by atoms with E-state index in [0.717, 1.165) is 16.5 Å². The summed E-state index contributed by atoms with van der Waals surface area (Å²) in [4.78, 5) is 11.9. The Balaban J connectivity index is 1.46. The molecule has 1 heterocycles. The summed E-state index contributed by atoms with van der Waals surface area (Å²) in [6.45, 7) is 0. The van der Waals surface area contributed by atoms with Crippen LogP contribution >= 0.6 is 23.1 Å². The lowest BCUT2D eigenvalue weighted by atomic mass is 10.2. The van der Waals surface area contributed by atoms with E-state index in [0.29, 0.717) is 10.8 Å².